The van der Waals surface area contributed by atoms with E-state index in [0.29, 0.717) is 0 Å². The van der Waals surface area contributed by atoms with Gasteiger partial charge in [0.2, 0.25) is 0 Å². The molecular weight excluding hydrogens is 222 g/mol. The first-order valence-electron chi connectivity index (χ1n) is 6.25. The molecule has 1 N–H and O–H groups in total. The Labute approximate surface area is 104 Å². The van der Waals surface area contributed by atoms with E-state index >= 15 is 0 Å². The van der Waals surface area contributed by atoms with Crippen molar-refractivity contribution in [2.24, 2.45) is 0 Å². The van der Waals surface area contributed by atoms with Crippen LogP contribution in [-0.4, -0.2) is 14.4 Å². The second-order valence-electron chi connectivity index (χ2n) is 4.56. The molecule has 0 fully saturated rings. The van der Waals surface area contributed by atoms with E-state index < -0.39 is 0 Å². The van der Waals surface area contributed by atoms with Crippen molar-refractivity contribution >= 4 is 27.7 Å². The Balaban J connectivity index is 2.29. The number of hydrogen-bond acceptors (Lipinski definition) is 1. The van der Waals surface area contributed by atoms with Crippen molar-refractivity contribution in [3.05, 3.63) is 48.2 Å². The molecule has 0 saturated carbocycles. The molecule has 4 rings (SSSR count). The zero-order valence-corrected chi connectivity index (χ0v) is 10.1. The molecule has 4 aromatic rings. The Morgan fingerprint density at radius 2 is 2.11 bits per heavy atom. The Morgan fingerprint density at radius 3 is 3.00 bits per heavy atom. The second-order valence-corrected chi connectivity index (χ2v) is 4.56. The normalized spacial score (nSPS) is 11.8. The Kier molecular flexibility index (Phi) is 1.81. The number of aromatic amines is 1. The van der Waals surface area contributed by atoms with Crippen LogP contribution in [-0.2, 0) is 6.42 Å². The number of nitrogens with zero attached hydrogens (tertiary/aromatic N) is 2. The van der Waals surface area contributed by atoms with Crippen LogP contribution in [0, 0.1) is 0 Å². The van der Waals surface area contributed by atoms with Crippen LogP contribution < -0.4 is 0 Å². The fourth-order valence-corrected chi connectivity index (χ4v) is 2.70. The molecular formula is C15H13N3. The fraction of sp³-hybridized carbons (Fsp3) is 0.133. The van der Waals surface area contributed by atoms with Gasteiger partial charge in [-0.15, -0.1) is 0 Å². The maximum absolute atomic E-state index is 4.74. The molecule has 1 aromatic carbocycles. The Bertz CT molecular complexity index is 867. The summed E-state index contributed by atoms with van der Waals surface area (Å²) in [5.41, 5.74) is 5.67. The summed E-state index contributed by atoms with van der Waals surface area (Å²) in [5.74, 6) is 0. The lowest BCUT2D eigenvalue weighted by Crippen LogP contribution is -1.83. The van der Waals surface area contributed by atoms with Crippen molar-refractivity contribution in [1.82, 2.24) is 14.4 Å². The first kappa shape index (κ1) is 9.71. The highest BCUT2D eigenvalue weighted by atomic mass is 15.1. The number of aryl methyl sites for hydroxylation is 1. The standard InChI is InChI=1S/C15H13N3/c1-2-10-6-5-7-11-13(10)14-15(16-11)18-9-4-3-8-12(18)17-14/h3-9,16H,2H2,1H3. The highest BCUT2D eigenvalue weighted by molar-refractivity contribution is 6.07. The van der Waals surface area contributed by atoms with Gasteiger partial charge in [0.05, 0.1) is 0 Å². The number of hydrogen-bond donors (Lipinski definition) is 1. The summed E-state index contributed by atoms with van der Waals surface area (Å²) in [5, 5.41) is 1.26. The highest BCUT2D eigenvalue weighted by Crippen LogP contribution is 2.28. The minimum Gasteiger partial charge on any atom is -0.339 e. The lowest BCUT2D eigenvalue weighted by atomic mass is 10.1. The van der Waals surface area contributed by atoms with E-state index in [2.05, 4.69) is 34.5 Å². The summed E-state index contributed by atoms with van der Waals surface area (Å²) in [6.45, 7) is 2.18. The number of aromatic nitrogens is 3. The quantitative estimate of drug-likeness (QED) is 0.538. The molecule has 0 amide bonds. The van der Waals surface area contributed by atoms with Gasteiger partial charge >= 0.3 is 0 Å². The van der Waals surface area contributed by atoms with Crippen LogP contribution in [0.4, 0.5) is 0 Å². The van der Waals surface area contributed by atoms with E-state index in [0.717, 1.165) is 23.2 Å². The molecule has 3 nitrogen and oxygen atoms in total. The minimum absolute atomic E-state index is 0.992. The maximum atomic E-state index is 4.74. The highest BCUT2D eigenvalue weighted by Gasteiger charge is 2.12. The van der Waals surface area contributed by atoms with E-state index in [-0.39, 0.29) is 0 Å². The number of imidazole rings is 1. The van der Waals surface area contributed by atoms with Crippen molar-refractivity contribution in [2.45, 2.75) is 13.3 Å². The van der Waals surface area contributed by atoms with Crippen LogP contribution in [0.3, 0.4) is 0 Å². The monoisotopic (exact) mass is 235 g/mol. The van der Waals surface area contributed by atoms with Crippen LogP contribution in [0.1, 0.15) is 12.5 Å². The van der Waals surface area contributed by atoms with Crippen molar-refractivity contribution < 1.29 is 0 Å². The summed E-state index contributed by atoms with van der Waals surface area (Å²) in [4.78, 5) is 8.22. The molecule has 0 atom stereocenters. The first-order chi connectivity index (χ1) is 8.88. The Hall–Kier alpha value is -2.29. The van der Waals surface area contributed by atoms with Gasteiger partial charge in [0.25, 0.3) is 0 Å². The van der Waals surface area contributed by atoms with Gasteiger partial charge in [0.15, 0.2) is 0 Å². The number of pyridine rings is 1. The topological polar surface area (TPSA) is 33.1 Å². The predicted octanol–water partition coefficient (Wildman–Crippen LogP) is 3.53. The average Bonchev–Trinajstić information content (AvgIpc) is 2.94. The van der Waals surface area contributed by atoms with Crippen LogP contribution in [0.2, 0.25) is 0 Å². The molecule has 0 radical (unpaired) electrons. The van der Waals surface area contributed by atoms with Crippen LogP contribution in [0.15, 0.2) is 42.6 Å². The summed E-state index contributed by atoms with van der Waals surface area (Å²) in [6, 6.07) is 12.5. The molecule has 0 aliphatic heterocycles. The summed E-state index contributed by atoms with van der Waals surface area (Å²) in [7, 11) is 0. The fourth-order valence-electron chi connectivity index (χ4n) is 2.70. The van der Waals surface area contributed by atoms with Crippen molar-refractivity contribution in [1.29, 1.82) is 0 Å². The largest absolute Gasteiger partial charge is 0.339 e. The van der Waals surface area contributed by atoms with E-state index in [4.69, 9.17) is 4.98 Å². The molecule has 0 saturated heterocycles. The zero-order chi connectivity index (χ0) is 12.1. The van der Waals surface area contributed by atoms with Crippen molar-refractivity contribution in [3.8, 4) is 0 Å². The number of fused-ring (bicyclic) bond motifs is 5. The van der Waals surface area contributed by atoms with Crippen LogP contribution >= 0.6 is 0 Å². The molecule has 88 valence electrons. The molecule has 0 aliphatic carbocycles. The van der Waals surface area contributed by atoms with Gasteiger partial charge < -0.3 is 4.98 Å². The van der Waals surface area contributed by atoms with Gasteiger partial charge in [0, 0.05) is 17.1 Å². The van der Waals surface area contributed by atoms with E-state index in [1.165, 1.54) is 16.5 Å². The van der Waals surface area contributed by atoms with Crippen LogP contribution in [0.5, 0.6) is 0 Å². The Morgan fingerprint density at radius 1 is 1.17 bits per heavy atom. The average molecular weight is 235 g/mol. The number of rotatable bonds is 1. The third-order valence-electron chi connectivity index (χ3n) is 3.55. The lowest BCUT2D eigenvalue weighted by Gasteiger charge is -1.98. The lowest BCUT2D eigenvalue weighted by molar-refractivity contribution is 1.16. The molecule has 0 bridgehead atoms. The summed E-state index contributed by atoms with van der Waals surface area (Å²) in [6.07, 6.45) is 3.07. The minimum atomic E-state index is 0.992. The van der Waals surface area contributed by atoms with E-state index in [9.17, 15) is 0 Å². The number of H-pyrrole nitrogens is 1. The van der Waals surface area contributed by atoms with Crippen LogP contribution in [0.25, 0.3) is 27.7 Å². The van der Waals surface area contributed by atoms with Crippen molar-refractivity contribution in [3.63, 3.8) is 0 Å². The molecule has 18 heavy (non-hydrogen) atoms. The van der Waals surface area contributed by atoms with Gasteiger partial charge in [-0.05, 0) is 30.2 Å². The van der Waals surface area contributed by atoms with Gasteiger partial charge in [-0.25, -0.2) is 4.98 Å². The molecule has 0 unspecified atom stereocenters. The molecule has 0 aliphatic rings. The van der Waals surface area contributed by atoms with E-state index in [1.54, 1.807) is 0 Å². The van der Waals surface area contributed by atoms with Crippen molar-refractivity contribution in [2.75, 3.05) is 0 Å². The van der Waals surface area contributed by atoms with E-state index in [1.807, 2.05) is 24.4 Å². The first-order valence-corrected chi connectivity index (χ1v) is 6.25. The van der Waals surface area contributed by atoms with Gasteiger partial charge in [-0.1, -0.05) is 25.1 Å². The smallest absolute Gasteiger partial charge is 0.143 e. The SMILES string of the molecule is CCc1cccc2[nH]c3c(nc4ccccn43)c12. The maximum Gasteiger partial charge on any atom is 0.143 e. The van der Waals surface area contributed by atoms with Gasteiger partial charge in [0.1, 0.15) is 16.8 Å². The number of nitrogens with one attached hydrogen (secondary N) is 1. The second kappa shape index (κ2) is 3.35. The molecule has 3 aromatic heterocycles. The predicted molar refractivity (Wildman–Crippen MR) is 73.9 cm³/mol. The molecule has 0 spiro atoms. The number of benzene rings is 1. The summed E-state index contributed by atoms with van der Waals surface area (Å²) >= 11 is 0. The molecule has 3 heterocycles. The third-order valence-corrected chi connectivity index (χ3v) is 3.55. The summed E-state index contributed by atoms with van der Waals surface area (Å²) < 4.78 is 2.11. The van der Waals surface area contributed by atoms with Gasteiger partial charge in [-0.2, -0.15) is 0 Å². The van der Waals surface area contributed by atoms with Gasteiger partial charge in [-0.3, -0.25) is 4.40 Å². The molecule has 3 heteroatoms. The zero-order valence-electron chi connectivity index (χ0n) is 10.1. The third kappa shape index (κ3) is 1.11.